The molecule has 1 amide bonds. The Bertz CT molecular complexity index is 1900. The van der Waals surface area contributed by atoms with Gasteiger partial charge in [-0.1, -0.05) is 42.5 Å². The number of nitrogens with one attached hydrogen (secondary N) is 1. The number of nitrogen functional groups attached to an aromatic ring is 1. The number of hydrogen-bond acceptors (Lipinski definition) is 8. The molecule has 0 radical (unpaired) electrons. The molecule has 10 nitrogen and oxygen atoms in total. The molecule has 0 aliphatic heterocycles. The van der Waals surface area contributed by atoms with Gasteiger partial charge in [0.25, 0.3) is 0 Å². The van der Waals surface area contributed by atoms with E-state index in [1.807, 2.05) is 74.0 Å². The van der Waals surface area contributed by atoms with Crippen molar-refractivity contribution in [2.75, 3.05) is 12.3 Å². The van der Waals surface area contributed by atoms with Crippen LogP contribution in [0.3, 0.4) is 0 Å². The second-order valence-electron chi connectivity index (χ2n) is 12.6. The number of amides is 1. The van der Waals surface area contributed by atoms with Crippen LogP contribution in [0.4, 0.5) is 10.6 Å². The Morgan fingerprint density at radius 1 is 1.00 bits per heavy atom. The van der Waals surface area contributed by atoms with Gasteiger partial charge < -0.3 is 25.3 Å². The lowest BCUT2D eigenvalue weighted by Crippen LogP contribution is -2.47. The highest BCUT2D eigenvalue weighted by atomic mass is 16.6. The monoisotopic (exact) mass is 621 g/mol. The van der Waals surface area contributed by atoms with Crippen molar-refractivity contribution in [1.82, 2.24) is 20.1 Å². The van der Waals surface area contributed by atoms with Gasteiger partial charge in [0.1, 0.15) is 23.8 Å². The van der Waals surface area contributed by atoms with Gasteiger partial charge in [-0.25, -0.2) is 9.78 Å². The van der Waals surface area contributed by atoms with Crippen molar-refractivity contribution < 1.29 is 23.8 Å². The molecule has 10 heteroatoms. The van der Waals surface area contributed by atoms with Gasteiger partial charge >= 0.3 is 12.1 Å². The van der Waals surface area contributed by atoms with Crippen molar-refractivity contribution in [3.8, 4) is 16.9 Å². The third-order valence-corrected chi connectivity index (χ3v) is 8.10. The summed E-state index contributed by atoms with van der Waals surface area (Å²) < 4.78 is 19.1. The molecule has 0 bridgehead atoms. The quantitative estimate of drug-likeness (QED) is 0.173. The number of esters is 1. The Morgan fingerprint density at radius 3 is 2.59 bits per heavy atom. The highest BCUT2D eigenvalue weighted by Crippen LogP contribution is 2.38. The summed E-state index contributed by atoms with van der Waals surface area (Å²) in [6.07, 6.45) is 2.85. The van der Waals surface area contributed by atoms with Gasteiger partial charge in [-0.05, 0) is 81.3 Å². The number of para-hydroxylation sites is 1. The van der Waals surface area contributed by atoms with Crippen molar-refractivity contribution in [2.24, 2.45) is 0 Å². The first-order valence-electron chi connectivity index (χ1n) is 15.6. The summed E-state index contributed by atoms with van der Waals surface area (Å²) in [5.74, 6) is 0.800. The first-order valence-corrected chi connectivity index (χ1v) is 15.6. The molecule has 46 heavy (non-hydrogen) atoms. The molecule has 2 aromatic heterocycles. The zero-order valence-corrected chi connectivity index (χ0v) is 26.6. The highest BCUT2D eigenvalue weighted by Gasteiger charge is 2.35. The number of nitrogens with zero attached hydrogens (tertiary/aromatic N) is 3. The fourth-order valence-electron chi connectivity index (χ4n) is 5.93. The number of ether oxygens (including phenoxy) is 3. The van der Waals surface area contributed by atoms with Gasteiger partial charge in [0, 0.05) is 28.6 Å². The molecular formula is C36H39N5O5. The number of alkyl carbamates (subject to hydrolysis) is 1. The van der Waals surface area contributed by atoms with Crippen LogP contribution in [0.2, 0.25) is 0 Å². The fourth-order valence-corrected chi connectivity index (χ4v) is 5.93. The second-order valence-corrected chi connectivity index (χ2v) is 12.6. The lowest BCUT2D eigenvalue weighted by molar-refractivity contribution is -0.142. The van der Waals surface area contributed by atoms with Crippen LogP contribution in [-0.4, -0.2) is 45.1 Å². The van der Waals surface area contributed by atoms with Crippen LogP contribution in [0.5, 0.6) is 5.75 Å². The summed E-state index contributed by atoms with van der Waals surface area (Å²) in [5.41, 5.74) is 10.2. The fraction of sp³-hybridized carbons (Fsp3) is 0.333. The largest absolute Gasteiger partial charge is 0.487 e. The molecule has 0 spiro atoms. The molecule has 5 aromatic rings. The zero-order chi connectivity index (χ0) is 32.4. The summed E-state index contributed by atoms with van der Waals surface area (Å²) in [6, 6.07) is 21.8. The maximum absolute atomic E-state index is 12.4. The lowest BCUT2D eigenvalue weighted by atomic mass is 9.86. The molecular weight excluding hydrogens is 582 g/mol. The van der Waals surface area contributed by atoms with Gasteiger partial charge in [0.2, 0.25) is 0 Å². The Hall–Kier alpha value is -5.12. The van der Waals surface area contributed by atoms with E-state index in [0.717, 1.165) is 44.1 Å². The number of aromatic nitrogens is 3. The zero-order valence-electron chi connectivity index (χ0n) is 26.6. The third-order valence-electron chi connectivity index (χ3n) is 8.10. The molecule has 1 saturated carbocycles. The van der Waals surface area contributed by atoms with Crippen molar-refractivity contribution in [1.29, 1.82) is 0 Å². The Labute approximate surface area is 267 Å². The maximum atomic E-state index is 12.4. The minimum absolute atomic E-state index is 0.0171. The summed E-state index contributed by atoms with van der Waals surface area (Å²) in [4.78, 5) is 28.9. The molecule has 1 aliphatic rings. The number of hydrogen-bond donors (Lipinski definition) is 2. The molecule has 238 valence electrons. The van der Waals surface area contributed by atoms with Crippen LogP contribution in [0.25, 0.3) is 32.8 Å². The van der Waals surface area contributed by atoms with E-state index in [2.05, 4.69) is 28.5 Å². The van der Waals surface area contributed by atoms with Gasteiger partial charge in [0.15, 0.2) is 0 Å². The second kappa shape index (κ2) is 12.7. The van der Waals surface area contributed by atoms with E-state index in [-0.39, 0.29) is 31.1 Å². The smallest absolute Gasteiger partial charge is 0.407 e. The van der Waals surface area contributed by atoms with Gasteiger partial charge in [-0.15, -0.1) is 0 Å². The van der Waals surface area contributed by atoms with Crippen LogP contribution < -0.4 is 15.8 Å². The summed E-state index contributed by atoms with van der Waals surface area (Å²) in [7, 11) is 0. The molecule has 0 atom stereocenters. The van der Waals surface area contributed by atoms with Gasteiger partial charge in [-0.2, -0.15) is 5.10 Å². The molecule has 3 aromatic carbocycles. The van der Waals surface area contributed by atoms with E-state index in [1.165, 1.54) is 0 Å². The highest BCUT2D eigenvalue weighted by molar-refractivity contribution is 6.02. The van der Waals surface area contributed by atoms with Crippen molar-refractivity contribution in [2.45, 2.75) is 71.2 Å². The van der Waals surface area contributed by atoms with E-state index >= 15 is 0 Å². The maximum Gasteiger partial charge on any atom is 0.407 e. The first-order chi connectivity index (χ1) is 22.1. The topological polar surface area (TPSA) is 131 Å². The molecule has 0 saturated heterocycles. The van der Waals surface area contributed by atoms with Crippen LogP contribution in [0.15, 0.2) is 72.9 Å². The SMILES string of the molecule is CCOC(=O)Cc1ccccc1OCc1c2cc(-c3cccc4c(N)nccc34)ccc2nn1C1CC(NC(=O)OC(C)(C)C)C1. The average Bonchev–Trinajstić information content (AvgIpc) is 3.34. The van der Waals surface area contributed by atoms with E-state index < -0.39 is 11.7 Å². The molecule has 2 heterocycles. The van der Waals surface area contributed by atoms with E-state index in [9.17, 15) is 9.59 Å². The number of carbonyl (C=O) groups is 2. The summed E-state index contributed by atoms with van der Waals surface area (Å²) in [6.45, 7) is 7.88. The summed E-state index contributed by atoms with van der Waals surface area (Å²) >= 11 is 0. The molecule has 6 rings (SSSR count). The van der Waals surface area contributed by atoms with Crippen LogP contribution in [-0.2, 0) is 27.3 Å². The van der Waals surface area contributed by atoms with Crippen LogP contribution in [0, 0.1) is 0 Å². The van der Waals surface area contributed by atoms with E-state index in [1.54, 1.807) is 13.1 Å². The van der Waals surface area contributed by atoms with E-state index in [4.69, 9.17) is 25.0 Å². The predicted molar refractivity (Wildman–Crippen MR) is 177 cm³/mol. The molecule has 0 unspecified atom stereocenters. The number of pyridine rings is 1. The summed E-state index contributed by atoms with van der Waals surface area (Å²) in [5, 5.41) is 10.9. The Morgan fingerprint density at radius 2 is 1.80 bits per heavy atom. The van der Waals surface area contributed by atoms with Crippen molar-refractivity contribution in [3.63, 3.8) is 0 Å². The average molecular weight is 622 g/mol. The Kier molecular flexibility index (Phi) is 8.53. The van der Waals surface area contributed by atoms with Crippen LogP contribution >= 0.6 is 0 Å². The molecule has 1 aliphatic carbocycles. The number of anilines is 1. The van der Waals surface area contributed by atoms with Gasteiger partial charge in [0.05, 0.1) is 30.3 Å². The predicted octanol–water partition coefficient (Wildman–Crippen LogP) is 6.75. The van der Waals surface area contributed by atoms with Gasteiger partial charge in [-0.3, -0.25) is 9.48 Å². The van der Waals surface area contributed by atoms with Crippen molar-refractivity contribution >= 4 is 39.6 Å². The first kappa shape index (κ1) is 30.9. The molecule has 1 fully saturated rings. The Balaban J connectivity index is 1.33. The third kappa shape index (κ3) is 6.61. The number of benzene rings is 3. The molecule has 3 N–H and O–H groups in total. The normalized spacial score (nSPS) is 16.2. The van der Waals surface area contributed by atoms with Crippen molar-refractivity contribution in [3.05, 3.63) is 84.2 Å². The van der Waals surface area contributed by atoms with E-state index in [0.29, 0.717) is 31.0 Å². The van der Waals surface area contributed by atoms with Crippen LogP contribution in [0.1, 0.15) is 57.8 Å². The minimum Gasteiger partial charge on any atom is -0.487 e. The number of nitrogens with two attached hydrogens (primary N) is 1. The standard InChI is InChI=1S/C36H39N5O5/c1-5-44-33(42)18-23-9-6-7-12-32(23)45-21-31-29-17-22(26-10-8-11-28-27(26)15-16-38-34(28)37)13-14-30(29)40-41(31)25-19-24(20-25)39-35(43)46-36(2,3)4/h6-17,24-25H,5,18-21H2,1-4H3,(H2,37,38)(H,39,43). The number of rotatable bonds is 9. The number of carbonyl (C=O) groups excluding carboxylic acids is 2. The minimum atomic E-state index is -0.564. The lowest BCUT2D eigenvalue weighted by Gasteiger charge is -2.37. The number of fused-ring (bicyclic) bond motifs is 2.